The monoisotopic (exact) mass is 574 g/mol. The number of aromatic nitrogens is 2. The molecule has 0 aliphatic carbocycles. The zero-order valence-corrected chi connectivity index (χ0v) is 23.3. The van der Waals surface area contributed by atoms with Gasteiger partial charge < -0.3 is 0 Å². The van der Waals surface area contributed by atoms with Crippen molar-refractivity contribution in [3.63, 3.8) is 0 Å². The van der Waals surface area contributed by atoms with E-state index < -0.39 is 10.0 Å². The van der Waals surface area contributed by atoms with Gasteiger partial charge in [-0.1, -0.05) is 47.2 Å². The Morgan fingerprint density at radius 3 is 2.64 bits per heavy atom. The van der Waals surface area contributed by atoms with Crippen molar-refractivity contribution < 1.29 is 13.2 Å². The zero-order chi connectivity index (χ0) is 27.1. The largest absolute Gasteiger partial charge is 0.279 e. The molecule has 196 valence electrons. The lowest BCUT2D eigenvalue weighted by Gasteiger charge is -2.21. The number of thiazole rings is 1. The van der Waals surface area contributed by atoms with E-state index in [-0.39, 0.29) is 17.3 Å². The molecule has 0 spiro atoms. The molecule has 1 aliphatic heterocycles. The van der Waals surface area contributed by atoms with Gasteiger partial charge in [-0.15, -0.1) is 0 Å². The van der Waals surface area contributed by atoms with Crippen molar-refractivity contribution in [2.45, 2.75) is 24.8 Å². The van der Waals surface area contributed by atoms with Gasteiger partial charge in [-0.3, -0.25) is 19.0 Å². The van der Waals surface area contributed by atoms with Gasteiger partial charge in [0.05, 0.1) is 27.3 Å². The van der Waals surface area contributed by atoms with Crippen LogP contribution in [0.25, 0.3) is 10.2 Å². The number of anilines is 2. The average Bonchev–Trinajstić information content (AvgIpc) is 3.57. The minimum Gasteiger partial charge on any atom is -0.279 e. The Morgan fingerprint density at radius 2 is 1.87 bits per heavy atom. The summed E-state index contributed by atoms with van der Waals surface area (Å²) in [5, 5.41) is 1.13. The van der Waals surface area contributed by atoms with Crippen molar-refractivity contribution in [1.29, 1.82) is 0 Å². The van der Waals surface area contributed by atoms with E-state index in [4.69, 9.17) is 16.6 Å². The molecule has 0 fully saturated rings. The van der Waals surface area contributed by atoms with Crippen LogP contribution in [0.2, 0.25) is 5.02 Å². The second-order valence-electron chi connectivity index (χ2n) is 9.30. The van der Waals surface area contributed by atoms with Crippen molar-refractivity contribution in [2.24, 2.45) is 0 Å². The van der Waals surface area contributed by atoms with Crippen LogP contribution in [0.4, 0.5) is 10.8 Å². The molecule has 0 radical (unpaired) electrons. The molecule has 6 rings (SSSR count). The van der Waals surface area contributed by atoms with E-state index >= 15 is 0 Å². The molecule has 0 atom stereocenters. The highest BCUT2D eigenvalue weighted by Crippen LogP contribution is 2.35. The smallest absolute Gasteiger partial charge is 0.264 e. The van der Waals surface area contributed by atoms with Crippen molar-refractivity contribution in [3.8, 4) is 0 Å². The second-order valence-corrected chi connectivity index (χ2v) is 12.6. The van der Waals surface area contributed by atoms with E-state index in [2.05, 4.69) is 4.98 Å². The van der Waals surface area contributed by atoms with Gasteiger partial charge in [0, 0.05) is 29.5 Å². The fourth-order valence-corrected chi connectivity index (χ4v) is 7.69. The Labute approximate surface area is 235 Å². The van der Waals surface area contributed by atoms with Crippen molar-refractivity contribution in [1.82, 2.24) is 9.97 Å². The maximum Gasteiger partial charge on any atom is 0.264 e. The SMILES string of the molecule is Cc1cc(Cl)cc2sc(N(Cc3cccnc3)C(=O)c3ccc(S(=O)(=O)N4CCc5ccccc54)cc3)nc12. The maximum absolute atomic E-state index is 13.8. The third-order valence-electron chi connectivity index (χ3n) is 6.71. The molecule has 0 unspecified atom stereocenters. The summed E-state index contributed by atoms with van der Waals surface area (Å²) in [7, 11) is -3.76. The van der Waals surface area contributed by atoms with Gasteiger partial charge >= 0.3 is 0 Å². The third-order valence-corrected chi connectivity index (χ3v) is 9.78. The van der Waals surface area contributed by atoms with E-state index in [0.717, 1.165) is 26.9 Å². The first-order valence-electron chi connectivity index (χ1n) is 12.3. The van der Waals surface area contributed by atoms with Crippen LogP contribution in [0.3, 0.4) is 0 Å². The Bertz CT molecular complexity index is 1810. The molecule has 1 amide bonds. The van der Waals surface area contributed by atoms with Crippen molar-refractivity contribution in [3.05, 3.63) is 112 Å². The topological polar surface area (TPSA) is 83.5 Å². The van der Waals surface area contributed by atoms with Gasteiger partial charge in [-0.25, -0.2) is 13.4 Å². The van der Waals surface area contributed by atoms with Crippen LogP contribution in [-0.2, 0) is 23.0 Å². The third kappa shape index (κ3) is 4.78. The number of carbonyl (C=O) groups excluding carboxylic acids is 1. The van der Waals surface area contributed by atoms with Crippen LogP contribution in [0.1, 0.15) is 27.0 Å². The van der Waals surface area contributed by atoms with E-state index in [9.17, 15) is 13.2 Å². The lowest BCUT2D eigenvalue weighted by Crippen LogP contribution is -2.31. The number of carbonyl (C=O) groups is 1. The second kappa shape index (κ2) is 10.1. The maximum atomic E-state index is 13.8. The van der Waals surface area contributed by atoms with Crippen LogP contribution in [0, 0.1) is 6.92 Å². The molecular weight excluding hydrogens is 552 g/mol. The number of nitrogens with zero attached hydrogens (tertiary/aromatic N) is 4. The van der Waals surface area contributed by atoms with Gasteiger partial charge in [0.15, 0.2) is 5.13 Å². The molecule has 39 heavy (non-hydrogen) atoms. The molecule has 7 nitrogen and oxygen atoms in total. The number of para-hydroxylation sites is 1. The molecule has 3 heterocycles. The van der Waals surface area contributed by atoms with Crippen LogP contribution in [0.15, 0.2) is 90.1 Å². The van der Waals surface area contributed by atoms with Gasteiger partial charge in [0.2, 0.25) is 0 Å². The molecule has 10 heteroatoms. The fourth-order valence-electron chi connectivity index (χ4n) is 4.77. The van der Waals surface area contributed by atoms with E-state index in [0.29, 0.717) is 34.4 Å². The molecule has 0 saturated carbocycles. The number of benzene rings is 3. The average molecular weight is 575 g/mol. The minimum absolute atomic E-state index is 0.139. The number of hydrogen-bond donors (Lipinski definition) is 0. The molecule has 5 aromatic rings. The number of halogens is 1. The number of aryl methyl sites for hydroxylation is 1. The summed E-state index contributed by atoms with van der Waals surface area (Å²) in [5.74, 6) is -0.294. The van der Waals surface area contributed by atoms with E-state index in [1.165, 1.54) is 27.8 Å². The Morgan fingerprint density at radius 1 is 1.08 bits per heavy atom. The molecule has 0 saturated heterocycles. The number of rotatable bonds is 6. The summed E-state index contributed by atoms with van der Waals surface area (Å²) in [6.07, 6.45) is 4.05. The standard InChI is InChI=1S/C29H23ClN4O3S2/c1-19-15-23(30)16-26-27(19)32-29(38-26)33(18-20-5-4-13-31-17-20)28(35)22-8-10-24(11-9-22)39(36,37)34-14-12-21-6-2-3-7-25(21)34/h2-11,13,15-17H,12,14,18H2,1H3. The summed E-state index contributed by atoms with van der Waals surface area (Å²) in [6, 6.07) is 21.0. The number of fused-ring (bicyclic) bond motifs is 2. The number of pyridine rings is 1. The first kappa shape index (κ1) is 25.5. The first-order chi connectivity index (χ1) is 18.8. The summed E-state index contributed by atoms with van der Waals surface area (Å²) < 4.78 is 29.2. The van der Waals surface area contributed by atoms with Crippen molar-refractivity contribution in [2.75, 3.05) is 15.7 Å². The van der Waals surface area contributed by atoms with Gasteiger partial charge in [-0.2, -0.15) is 0 Å². The van der Waals surface area contributed by atoms with Crippen molar-refractivity contribution >= 4 is 59.9 Å². The van der Waals surface area contributed by atoms with E-state index in [1.807, 2.05) is 55.5 Å². The summed E-state index contributed by atoms with van der Waals surface area (Å²) >= 11 is 7.65. The van der Waals surface area contributed by atoms with E-state index in [1.54, 1.807) is 29.4 Å². The number of amides is 1. The molecule has 3 aromatic carbocycles. The normalized spacial score (nSPS) is 13.0. The quantitative estimate of drug-likeness (QED) is 0.239. The van der Waals surface area contributed by atoms with Gasteiger partial charge in [0.1, 0.15) is 0 Å². The Kier molecular flexibility index (Phi) is 6.58. The Balaban J connectivity index is 1.34. The Hall–Kier alpha value is -3.79. The van der Waals surface area contributed by atoms with Crippen LogP contribution in [0.5, 0.6) is 0 Å². The van der Waals surface area contributed by atoms with Crippen LogP contribution < -0.4 is 9.21 Å². The highest BCUT2D eigenvalue weighted by Gasteiger charge is 2.31. The number of sulfonamides is 1. The lowest BCUT2D eigenvalue weighted by molar-refractivity contribution is 0.0985. The highest BCUT2D eigenvalue weighted by molar-refractivity contribution is 7.92. The van der Waals surface area contributed by atoms with Crippen LogP contribution in [-0.4, -0.2) is 30.8 Å². The van der Waals surface area contributed by atoms with Crippen LogP contribution >= 0.6 is 22.9 Å². The fraction of sp³-hybridized carbons (Fsp3) is 0.138. The molecule has 0 bridgehead atoms. The zero-order valence-electron chi connectivity index (χ0n) is 20.9. The minimum atomic E-state index is -3.76. The predicted octanol–water partition coefficient (Wildman–Crippen LogP) is 6.25. The highest BCUT2D eigenvalue weighted by atomic mass is 35.5. The lowest BCUT2D eigenvalue weighted by atomic mass is 10.2. The number of hydrogen-bond acceptors (Lipinski definition) is 6. The summed E-state index contributed by atoms with van der Waals surface area (Å²) in [5.41, 5.74) is 4.61. The van der Waals surface area contributed by atoms with Gasteiger partial charge in [-0.05, 0) is 78.6 Å². The molecule has 2 aromatic heterocycles. The summed E-state index contributed by atoms with van der Waals surface area (Å²) in [6.45, 7) is 2.58. The predicted molar refractivity (Wildman–Crippen MR) is 155 cm³/mol. The first-order valence-corrected chi connectivity index (χ1v) is 14.9. The van der Waals surface area contributed by atoms with Gasteiger partial charge in [0.25, 0.3) is 15.9 Å². The summed E-state index contributed by atoms with van der Waals surface area (Å²) in [4.78, 5) is 24.5. The molecule has 1 aliphatic rings. The molecular formula is C29H23ClN4O3S2. The molecule has 0 N–H and O–H groups in total.